The van der Waals surface area contributed by atoms with E-state index in [4.69, 9.17) is 0 Å². The van der Waals surface area contributed by atoms with Crippen LogP contribution >= 0.6 is 0 Å². The molecule has 1 saturated heterocycles. The average Bonchev–Trinajstić information content (AvgIpc) is 2.80. The highest BCUT2D eigenvalue weighted by atomic mass is 15.3. The summed E-state index contributed by atoms with van der Waals surface area (Å²) >= 11 is 0. The van der Waals surface area contributed by atoms with Gasteiger partial charge in [0, 0.05) is 19.6 Å². The van der Waals surface area contributed by atoms with E-state index >= 15 is 0 Å². The van der Waals surface area contributed by atoms with E-state index in [1.807, 2.05) is 18.8 Å². The molecule has 2 rings (SSSR count). The quantitative estimate of drug-likeness (QED) is 0.758. The summed E-state index contributed by atoms with van der Waals surface area (Å²) in [6, 6.07) is 0.659. The van der Waals surface area contributed by atoms with Crippen LogP contribution in [0.4, 0.5) is 0 Å². The van der Waals surface area contributed by atoms with Gasteiger partial charge < -0.3 is 5.32 Å². The molecule has 0 radical (unpaired) electrons. The second kappa shape index (κ2) is 4.72. The highest BCUT2D eigenvalue weighted by Crippen LogP contribution is 2.18. The first-order chi connectivity index (χ1) is 7.31. The van der Waals surface area contributed by atoms with Crippen molar-refractivity contribution in [3.63, 3.8) is 0 Å². The lowest BCUT2D eigenvalue weighted by Gasteiger charge is -2.23. The van der Waals surface area contributed by atoms with Gasteiger partial charge in [-0.1, -0.05) is 0 Å². The van der Waals surface area contributed by atoms with Gasteiger partial charge >= 0.3 is 0 Å². The summed E-state index contributed by atoms with van der Waals surface area (Å²) in [5.74, 6) is 1.05. The van der Waals surface area contributed by atoms with Gasteiger partial charge in [-0.15, -0.1) is 0 Å². The fourth-order valence-electron chi connectivity index (χ4n) is 2.22. The first kappa shape index (κ1) is 10.6. The van der Waals surface area contributed by atoms with Gasteiger partial charge in [-0.25, -0.2) is 4.98 Å². The van der Waals surface area contributed by atoms with Crippen LogP contribution in [0.5, 0.6) is 0 Å². The third kappa shape index (κ3) is 2.35. The summed E-state index contributed by atoms with van der Waals surface area (Å²) in [6.45, 7) is 3.17. The molecule has 84 valence electrons. The molecule has 0 saturated carbocycles. The molecule has 1 N–H and O–H groups in total. The van der Waals surface area contributed by atoms with E-state index in [9.17, 15) is 0 Å². The van der Waals surface area contributed by atoms with E-state index in [1.54, 1.807) is 6.33 Å². The molecule has 0 spiro atoms. The Bertz CT molecular complexity index is 309. The minimum Gasteiger partial charge on any atom is -0.318 e. The maximum atomic E-state index is 4.26. The van der Waals surface area contributed by atoms with Crippen LogP contribution in [0.3, 0.4) is 0 Å². The van der Waals surface area contributed by atoms with Gasteiger partial charge in [0.25, 0.3) is 0 Å². The van der Waals surface area contributed by atoms with E-state index in [1.165, 1.54) is 19.4 Å². The zero-order valence-corrected chi connectivity index (χ0v) is 9.48. The van der Waals surface area contributed by atoms with Crippen molar-refractivity contribution >= 4 is 0 Å². The molecule has 0 aliphatic carbocycles. The summed E-state index contributed by atoms with van der Waals surface area (Å²) < 4.78 is 1.86. The predicted molar refractivity (Wildman–Crippen MR) is 58.4 cm³/mol. The van der Waals surface area contributed by atoms with E-state index in [0.29, 0.717) is 6.04 Å². The Balaban J connectivity index is 1.96. The van der Waals surface area contributed by atoms with Crippen molar-refractivity contribution in [1.29, 1.82) is 0 Å². The topological polar surface area (TPSA) is 46.0 Å². The van der Waals surface area contributed by atoms with E-state index in [-0.39, 0.29) is 0 Å². The molecule has 0 aromatic carbocycles. The monoisotopic (exact) mass is 209 g/mol. The normalized spacial score (nSPS) is 22.4. The van der Waals surface area contributed by atoms with Crippen molar-refractivity contribution in [3.05, 3.63) is 12.2 Å². The Labute approximate surface area is 90.5 Å². The Morgan fingerprint density at radius 1 is 1.60 bits per heavy atom. The van der Waals surface area contributed by atoms with Gasteiger partial charge in [0.15, 0.2) is 0 Å². The summed E-state index contributed by atoms with van der Waals surface area (Å²) in [5, 5.41) is 7.34. The molecule has 15 heavy (non-hydrogen) atoms. The van der Waals surface area contributed by atoms with Gasteiger partial charge in [0.1, 0.15) is 12.2 Å². The highest BCUT2D eigenvalue weighted by Gasteiger charge is 2.24. The zero-order valence-electron chi connectivity index (χ0n) is 9.48. The molecule has 1 aliphatic rings. The lowest BCUT2D eigenvalue weighted by molar-refractivity contribution is 0.233. The molecule has 2 heterocycles. The number of aryl methyl sites for hydroxylation is 1. The molecule has 5 nitrogen and oxygen atoms in total. The van der Waals surface area contributed by atoms with Crippen molar-refractivity contribution in [2.24, 2.45) is 7.05 Å². The van der Waals surface area contributed by atoms with Crippen LogP contribution in [0.15, 0.2) is 6.33 Å². The largest absolute Gasteiger partial charge is 0.318 e. The Morgan fingerprint density at radius 3 is 3.13 bits per heavy atom. The summed E-state index contributed by atoms with van der Waals surface area (Å²) in [6.07, 6.45) is 4.21. The van der Waals surface area contributed by atoms with Gasteiger partial charge in [-0.3, -0.25) is 9.58 Å². The van der Waals surface area contributed by atoms with Crippen LogP contribution in [0, 0.1) is 0 Å². The lowest BCUT2D eigenvalue weighted by Crippen LogP contribution is -2.36. The molecule has 1 fully saturated rings. The first-order valence-corrected chi connectivity index (χ1v) is 5.53. The molecule has 1 atom stereocenters. The molecule has 0 amide bonds. The molecular formula is C10H19N5. The maximum Gasteiger partial charge on any atom is 0.140 e. The number of hydrogen-bond donors (Lipinski definition) is 1. The van der Waals surface area contributed by atoms with Gasteiger partial charge in [0.2, 0.25) is 0 Å². The first-order valence-electron chi connectivity index (χ1n) is 5.53. The molecular weight excluding hydrogens is 190 g/mol. The molecule has 1 unspecified atom stereocenters. The average molecular weight is 209 g/mol. The Hall–Kier alpha value is -0.940. The Kier molecular flexibility index (Phi) is 3.33. The number of likely N-dealkylation sites (tertiary alicyclic amines) is 1. The number of likely N-dealkylation sites (N-methyl/N-ethyl adjacent to an activating group) is 1. The third-order valence-electron chi connectivity index (χ3n) is 3.09. The molecule has 1 aliphatic heterocycles. The van der Waals surface area contributed by atoms with Crippen LogP contribution in [0.1, 0.15) is 18.7 Å². The Morgan fingerprint density at radius 2 is 2.47 bits per heavy atom. The molecule has 5 heteroatoms. The minimum atomic E-state index is 0.659. The van der Waals surface area contributed by atoms with Crippen LogP contribution in [-0.2, 0) is 13.6 Å². The number of rotatable bonds is 4. The summed E-state index contributed by atoms with van der Waals surface area (Å²) in [5.41, 5.74) is 0. The SMILES string of the molecule is CNCC1CCCN1Cc1ncnn1C. The smallest absolute Gasteiger partial charge is 0.140 e. The van der Waals surface area contributed by atoms with Crippen LogP contribution in [0.2, 0.25) is 0 Å². The van der Waals surface area contributed by atoms with E-state index < -0.39 is 0 Å². The number of hydrogen-bond acceptors (Lipinski definition) is 4. The van der Waals surface area contributed by atoms with Crippen LogP contribution in [0.25, 0.3) is 0 Å². The highest BCUT2D eigenvalue weighted by molar-refractivity contribution is 4.88. The third-order valence-corrected chi connectivity index (χ3v) is 3.09. The summed E-state index contributed by atoms with van der Waals surface area (Å²) in [7, 11) is 3.96. The van der Waals surface area contributed by atoms with Crippen LogP contribution < -0.4 is 5.32 Å². The lowest BCUT2D eigenvalue weighted by atomic mass is 10.2. The van der Waals surface area contributed by atoms with Gasteiger partial charge in [0.05, 0.1) is 6.54 Å². The molecule has 1 aromatic heterocycles. The fourth-order valence-corrected chi connectivity index (χ4v) is 2.22. The number of nitrogens with one attached hydrogen (secondary N) is 1. The van der Waals surface area contributed by atoms with E-state index in [0.717, 1.165) is 18.9 Å². The van der Waals surface area contributed by atoms with Crippen molar-refractivity contribution in [1.82, 2.24) is 25.0 Å². The second-order valence-corrected chi connectivity index (χ2v) is 4.12. The van der Waals surface area contributed by atoms with Crippen molar-refractivity contribution in [3.8, 4) is 0 Å². The van der Waals surface area contributed by atoms with Crippen LogP contribution in [-0.4, -0.2) is 45.8 Å². The number of nitrogens with zero attached hydrogens (tertiary/aromatic N) is 4. The van der Waals surface area contributed by atoms with Crippen molar-refractivity contribution in [2.45, 2.75) is 25.4 Å². The zero-order chi connectivity index (χ0) is 10.7. The standard InChI is InChI=1S/C10H19N5/c1-11-6-9-4-3-5-15(9)7-10-12-8-13-14(10)2/h8-9,11H,3-7H2,1-2H3. The molecule has 0 bridgehead atoms. The van der Waals surface area contributed by atoms with Crippen molar-refractivity contribution < 1.29 is 0 Å². The second-order valence-electron chi connectivity index (χ2n) is 4.12. The number of aromatic nitrogens is 3. The van der Waals surface area contributed by atoms with Gasteiger partial charge in [-0.2, -0.15) is 5.10 Å². The predicted octanol–water partition coefficient (Wildman–Crippen LogP) is -0.00110. The molecule has 1 aromatic rings. The van der Waals surface area contributed by atoms with Gasteiger partial charge in [-0.05, 0) is 26.4 Å². The van der Waals surface area contributed by atoms with E-state index in [2.05, 4.69) is 20.3 Å². The fraction of sp³-hybridized carbons (Fsp3) is 0.800. The van der Waals surface area contributed by atoms with Crippen molar-refractivity contribution in [2.75, 3.05) is 20.1 Å². The minimum absolute atomic E-state index is 0.659. The maximum absolute atomic E-state index is 4.26. The summed E-state index contributed by atoms with van der Waals surface area (Å²) in [4.78, 5) is 6.75.